The van der Waals surface area contributed by atoms with Crippen molar-refractivity contribution >= 4 is 16.4 Å². The molecule has 13 heteroatoms. The molecule has 3 saturated heterocycles. The van der Waals surface area contributed by atoms with E-state index in [1.54, 1.807) is 0 Å². The maximum absolute atomic E-state index is 12.5. The molecule has 12 nitrogen and oxygen atoms in total. The van der Waals surface area contributed by atoms with Gasteiger partial charge in [0.2, 0.25) is 11.8 Å². The number of piperazine rings is 1. The first-order chi connectivity index (χ1) is 13.4. The summed E-state index contributed by atoms with van der Waals surface area (Å²) in [5, 5.41) is 12.2. The number of hydrogen-bond donors (Lipinski definition) is 2. The Morgan fingerprint density at radius 1 is 1.25 bits per heavy atom. The summed E-state index contributed by atoms with van der Waals surface area (Å²) in [5.74, 6) is 0.877. The van der Waals surface area contributed by atoms with E-state index in [1.807, 2.05) is 0 Å². The number of urea groups is 1. The van der Waals surface area contributed by atoms with Crippen LogP contribution in [0.2, 0.25) is 0 Å². The van der Waals surface area contributed by atoms with E-state index < -0.39 is 28.5 Å². The molecule has 0 radical (unpaired) electrons. The minimum absolute atomic E-state index is 0.278. The Labute approximate surface area is 162 Å². The monoisotopic (exact) mass is 416 g/mol. The van der Waals surface area contributed by atoms with Crippen LogP contribution in [0.1, 0.15) is 37.1 Å². The number of carbonyl (C=O) groups excluding carboxylic acids is 1. The largest absolute Gasteiger partial charge is 0.423 e. The maximum atomic E-state index is 12.5. The first-order valence-corrected chi connectivity index (χ1v) is 10.8. The SMILES string of the molecule is O=C1N2CC(CCC2c2nnc(CCCN3CCNCC3)o2)N1OS(=O)(=O)O. The zero-order chi connectivity index (χ0) is 19.7. The first-order valence-electron chi connectivity index (χ1n) is 9.43. The lowest BCUT2D eigenvalue weighted by Gasteiger charge is -2.27. The molecule has 4 heterocycles. The van der Waals surface area contributed by atoms with Crippen LogP contribution in [-0.4, -0.2) is 89.4 Å². The molecule has 0 spiro atoms. The molecule has 4 rings (SSSR count). The fourth-order valence-corrected chi connectivity index (χ4v) is 4.37. The Balaban J connectivity index is 1.34. The zero-order valence-electron chi connectivity index (χ0n) is 15.4. The van der Waals surface area contributed by atoms with Crippen LogP contribution in [0.25, 0.3) is 0 Å². The highest BCUT2D eigenvalue weighted by Gasteiger charge is 2.49. The summed E-state index contributed by atoms with van der Waals surface area (Å²) in [5.41, 5.74) is 0. The van der Waals surface area contributed by atoms with Gasteiger partial charge in [-0.1, -0.05) is 0 Å². The molecule has 28 heavy (non-hydrogen) atoms. The van der Waals surface area contributed by atoms with Gasteiger partial charge in [-0.2, -0.15) is 13.5 Å². The Kier molecular flexibility index (Phi) is 5.51. The minimum atomic E-state index is -4.76. The van der Waals surface area contributed by atoms with E-state index in [4.69, 9.17) is 8.97 Å². The normalized spacial score (nSPS) is 26.2. The van der Waals surface area contributed by atoms with E-state index in [9.17, 15) is 13.2 Å². The molecule has 2 N–H and O–H groups in total. The lowest BCUT2D eigenvalue weighted by Crippen LogP contribution is -2.43. The smallest absolute Gasteiger partial charge is 0.418 e. The van der Waals surface area contributed by atoms with Crippen LogP contribution in [-0.2, 0) is 21.1 Å². The van der Waals surface area contributed by atoms with Crippen molar-refractivity contribution in [1.29, 1.82) is 0 Å². The molecule has 2 amide bonds. The van der Waals surface area contributed by atoms with E-state index in [0.29, 0.717) is 36.1 Å². The lowest BCUT2D eigenvalue weighted by molar-refractivity contribution is -0.0317. The van der Waals surface area contributed by atoms with Gasteiger partial charge < -0.3 is 19.5 Å². The summed E-state index contributed by atoms with van der Waals surface area (Å²) in [6.07, 6.45) is 2.62. The Morgan fingerprint density at radius 2 is 2.04 bits per heavy atom. The maximum Gasteiger partial charge on any atom is 0.418 e. The molecule has 3 fully saturated rings. The third kappa shape index (κ3) is 4.27. The van der Waals surface area contributed by atoms with Crippen molar-refractivity contribution < 1.29 is 26.5 Å². The van der Waals surface area contributed by atoms with Gasteiger partial charge in [0.05, 0.1) is 6.04 Å². The number of fused-ring (bicyclic) bond motifs is 2. The average molecular weight is 416 g/mol. The first kappa shape index (κ1) is 19.5. The second-order valence-electron chi connectivity index (χ2n) is 7.24. The number of carbonyl (C=O) groups is 1. The molecule has 0 aromatic carbocycles. The van der Waals surface area contributed by atoms with E-state index in [-0.39, 0.29) is 6.54 Å². The minimum Gasteiger partial charge on any atom is -0.423 e. The van der Waals surface area contributed by atoms with Gasteiger partial charge in [0.15, 0.2) is 0 Å². The van der Waals surface area contributed by atoms with Gasteiger partial charge in [0.25, 0.3) is 0 Å². The fraction of sp³-hybridized carbons (Fsp3) is 0.800. The summed E-state index contributed by atoms with van der Waals surface area (Å²) in [7, 11) is -4.76. The van der Waals surface area contributed by atoms with Gasteiger partial charge in [-0.25, -0.2) is 4.79 Å². The molecule has 3 aliphatic heterocycles. The molecule has 2 bridgehead atoms. The Morgan fingerprint density at radius 3 is 2.79 bits per heavy atom. The molecule has 0 saturated carbocycles. The third-order valence-electron chi connectivity index (χ3n) is 5.34. The lowest BCUT2D eigenvalue weighted by atomic mass is 10.0. The van der Waals surface area contributed by atoms with Gasteiger partial charge in [-0.3, -0.25) is 4.55 Å². The van der Waals surface area contributed by atoms with Crippen molar-refractivity contribution in [3.05, 3.63) is 11.8 Å². The van der Waals surface area contributed by atoms with Crippen LogP contribution in [0.3, 0.4) is 0 Å². The number of amides is 2. The van der Waals surface area contributed by atoms with E-state index in [2.05, 4.69) is 24.7 Å². The summed E-state index contributed by atoms with van der Waals surface area (Å²) < 4.78 is 41.0. The van der Waals surface area contributed by atoms with Gasteiger partial charge in [-0.05, 0) is 25.8 Å². The van der Waals surface area contributed by atoms with Gasteiger partial charge in [0, 0.05) is 39.1 Å². The van der Waals surface area contributed by atoms with Crippen molar-refractivity contribution in [3.63, 3.8) is 0 Å². The van der Waals surface area contributed by atoms with Crippen molar-refractivity contribution in [2.24, 2.45) is 0 Å². The summed E-state index contributed by atoms with van der Waals surface area (Å²) in [6, 6.07) is -1.50. The van der Waals surface area contributed by atoms with Crippen molar-refractivity contribution in [2.75, 3.05) is 39.3 Å². The summed E-state index contributed by atoms with van der Waals surface area (Å²) >= 11 is 0. The zero-order valence-corrected chi connectivity index (χ0v) is 16.2. The number of nitrogens with zero attached hydrogens (tertiary/aromatic N) is 5. The summed E-state index contributed by atoms with van der Waals surface area (Å²) in [4.78, 5) is 16.3. The van der Waals surface area contributed by atoms with Gasteiger partial charge >= 0.3 is 16.4 Å². The van der Waals surface area contributed by atoms with Gasteiger partial charge in [-0.15, -0.1) is 14.5 Å². The van der Waals surface area contributed by atoms with E-state index in [0.717, 1.165) is 39.1 Å². The molecular formula is C15H24N6O6S. The second kappa shape index (κ2) is 7.91. The van der Waals surface area contributed by atoms with Crippen molar-refractivity contribution in [3.8, 4) is 0 Å². The van der Waals surface area contributed by atoms with Crippen LogP contribution < -0.4 is 5.32 Å². The number of nitrogens with one attached hydrogen (secondary N) is 1. The molecular weight excluding hydrogens is 392 g/mol. The van der Waals surface area contributed by atoms with E-state index >= 15 is 0 Å². The van der Waals surface area contributed by atoms with E-state index in [1.165, 1.54) is 4.90 Å². The van der Waals surface area contributed by atoms with Crippen LogP contribution in [0.4, 0.5) is 4.79 Å². The van der Waals surface area contributed by atoms with Crippen LogP contribution >= 0.6 is 0 Å². The molecule has 0 aliphatic carbocycles. The molecule has 2 atom stereocenters. The third-order valence-corrected chi connectivity index (χ3v) is 5.69. The highest BCUT2D eigenvalue weighted by molar-refractivity contribution is 7.80. The average Bonchev–Trinajstić information content (AvgIpc) is 3.22. The topological polar surface area (TPSA) is 141 Å². The Bertz CT molecular complexity index is 810. The van der Waals surface area contributed by atoms with Crippen LogP contribution in [0.15, 0.2) is 4.42 Å². The molecule has 2 unspecified atom stereocenters. The molecule has 1 aromatic rings. The van der Waals surface area contributed by atoms with Crippen molar-refractivity contribution in [2.45, 2.75) is 37.8 Å². The number of aromatic nitrogens is 2. The highest BCUT2D eigenvalue weighted by atomic mass is 32.3. The van der Waals surface area contributed by atoms with Gasteiger partial charge in [0.1, 0.15) is 6.04 Å². The number of rotatable bonds is 7. The number of hydrogen-bond acceptors (Lipinski definition) is 9. The number of piperidine rings is 1. The quantitative estimate of drug-likeness (QED) is 0.563. The molecule has 3 aliphatic rings. The molecule has 156 valence electrons. The van der Waals surface area contributed by atoms with Crippen molar-refractivity contribution in [1.82, 2.24) is 30.4 Å². The van der Waals surface area contributed by atoms with Crippen LogP contribution in [0.5, 0.6) is 0 Å². The number of hydroxylamine groups is 2. The predicted octanol–water partition coefficient (Wildman–Crippen LogP) is -0.417. The highest BCUT2D eigenvalue weighted by Crippen LogP contribution is 2.38. The molecule has 1 aromatic heterocycles. The number of aryl methyl sites for hydroxylation is 1. The predicted molar refractivity (Wildman–Crippen MR) is 94.3 cm³/mol. The summed E-state index contributed by atoms with van der Waals surface area (Å²) in [6.45, 7) is 5.34. The van der Waals surface area contributed by atoms with Crippen LogP contribution in [0, 0.1) is 0 Å². The second-order valence-corrected chi connectivity index (χ2v) is 8.24. The Hall–Kier alpha value is -1.80. The fourth-order valence-electron chi connectivity index (χ4n) is 3.98. The standard InChI is InChI=1S/C15H24N6O6S/c22-15-20-10-11(21(15)27-28(23,24)25)3-4-12(20)14-18-17-13(26-14)2-1-7-19-8-5-16-6-9-19/h11-12,16H,1-10H2,(H,23,24,25).